The lowest BCUT2D eigenvalue weighted by Crippen LogP contribution is -2.56. The Labute approximate surface area is 148 Å². The van der Waals surface area contributed by atoms with Crippen LogP contribution in [0, 0.1) is 0 Å². The van der Waals surface area contributed by atoms with Crippen molar-refractivity contribution in [3.05, 3.63) is 23.8 Å². The normalized spacial score (nSPS) is 14.9. The van der Waals surface area contributed by atoms with Gasteiger partial charge in [-0.3, -0.25) is 4.79 Å². The van der Waals surface area contributed by atoms with Gasteiger partial charge in [-0.25, -0.2) is 4.79 Å². The van der Waals surface area contributed by atoms with Gasteiger partial charge in [-0.1, -0.05) is 0 Å². The molecule has 25 heavy (non-hydrogen) atoms. The molecule has 0 aromatic heterocycles. The summed E-state index contributed by atoms with van der Waals surface area (Å²) >= 11 is 0. The molecule has 7 heteroatoms. The molecule has 1 aromatic rings. The number of carbonyl (C=O) groups excluding carboxylic acids is 2. The molecule has 7 nitrogen and oxygen atoms in total. The van der Waals surface area contributed by atoms with Crippen LogP contribution < -0.4 is 14.8 Å². The number of urea groups is 1. The first kappa shape index (κ1) is 18.9. The van der Waals surface area contributed by atoms with Gasteiger partial charge in [0, 0.05) is 37.3 Å². The van der Waals surface area contributed by atoms with E-state index in [9.17, 15) is 9.59 Å². The van der Waals surface area contributed by atoms with Gasteiger partial charge in [0.15, 0.2) is 11.5 Å². The van der Waals surface area contributed by atoms with Crippen molar-refractivity contribution in [2.24, 2.45) is 0 Å². The molecule has 1 heterocycles. The van der Waals surface area contributed by atoms with Crippen molar-refractivity contribution in [3.8, 4) is 11.5 Å². The van der Waals surface area contributed by atoms with Crippen LogP contribution in [-0.2, 0) is 0 Å². The predicted molar refractivity (Wildman–Crippen MR) is 95.3 cm³/mol. The molecular weight excluding hydrogens is 322 g/mol. The zero-order chi connectivity index (χ0) is 18.6. The molecule has 1 N–H and O–H groups in total. The number of piperazine rings is 1. The fourth-order valence-electron chi connectivity index (χ4n) is 2.66. The van der Waals surface area contributed by atoms with E-state index in [0.717, 1.165) is 0 Å². The highest BCUT2D eigenvalue weighted by Gasteiger charge is 2.27. The van der Waals surface area contributed by atoms with Crippen molar-refractivity contribution in [2.45, 2.75) is 26.3 Å². The second-order valence-electron chi connectivity index (χ2n) is 7.03. The molecule has 2 rings (SSSR count). The molecule has 1 fully saturated rings. The minimum atomic E-state index is -0.274. The minimum absolute atomic E-state index is 0.0724. The lowest BCUT2D eigenvalue weighted by molar-refractivity contribution is 0.0661. The van der Waals surface area contributed by atoms with Crippen LogP contribution in [0.5, 0.6) is 11.5 Å². The molecular formula is C18H27N3O4. The maximum Gasteiger partial charge on any atom is 0.317 e. The van der Waals surface area contributed by atoms with Crippen molar-refractivity contribution in [3.63, 3.8) is 0 Å². The van der Waals surface area contributed by atoms with Gasteiger partial charge in [-0.2, -0.15) is 0 Å². The van der Waals surface area contributed by atoms with Gasteiger partial charge in [0.2, 0.25) is 0 Å². The summed E-state index contributed by atoms with van der Waals surface area (Å²) in [5, 5.41) is 2.95. The van der Waals surface area contributed by atoms with Crippen LogP contribution >= 0.6 is 0 Å². The first-order chi connectivity index (χ1) is 11.7. The zero-order valence-corrected chi connectivity index (χ0v) is 15.6. The maximum atomic E-state index is 12.7. The number of rotatable bonds is 3. The van der Waals surface area contributed by atoms with Crippen LogP contribution in [-0.4, -0.2) is 67.7 Å². The van der Waals surface area contributed by atoms with Gasteiger partial charge in [0.05, 0.1) is 14.2 Å². The monoisotopic (exact) mass is 349 g/mol. The summed E-state index contributed by atoms with van der Waals surface area (Å²) in [7, 11) is 3.10. The van der Waals surface area contributed by atoms with Gasteiger partial charge in [-0.15, -0.1) is 0 Å². The Bertz CT molecular complexity index is 632. The van der Waals surface area contributed by atoms with Gasteiger partial charge >= 0.3 is 6.03 Å². The van der Waals surface area contributed by atoms with E-state index in [1.165, 1.54) is 0 Å². The summed E-state index contributed by atoms with van der Waals surface area (Å²) < 4.78 is 10.4. The van der Waals surface area contributed by atoms with E-state index >= 15 is 0 Å². The molecule has 0 bridgehead atoms. The molecule has 138 valence electrons. The van der Waals surface area contributed by atoms with Crippen molar-refractivity contribution < 1.29 is 19.1 Å². The van der Waals surface area contributed by atoms with Crippen molar-refractivity contribution in [1.29, 1.82) is 0 Å². The standard InChI is InChI=1S/C18H27N3O4/c1-18(2,3)19-17(23)21-10-8-20(9-11-21)16(22)13-6-7-14(24-4)15(12-13)25-5/h6-7,12H,8-11H2,1-5H3,(H,19,23). The van der Waals surface area contributed by atoms with Gasteiger partial charge < -0.3 is 24.6 Å². The number of carbonyl (C=O) groups is 2. The molecule has 0 atom stereocenters. The fourth-order valence-corrected chi connectivity index (χ4v) is 2.66. The third-order valence-corrected chi connectivity index (χ3v) is 3.97. The largest absolute Gasteiger partial charge is 0.493 e. The van der Waals surface area contributed by atoms with Crippen molar-refractivity contribution in [1.82, 2.24) is 15.1 Å². The smallest absolute Gasteiger partial charge is 0.317 e. The van der Waals surface area contributed by atoms with E-state index < -0.39 is 0 Å². The Morgan fingerprint density at radius 3 is 2.04 bits per heavy atom. The Morgan fingerprint density at radius 2 is 1.52 bits per heavy atom. The minimum Gasteiger partial charge on any atom is -0.493 e. The predicted octanol–water partition coefficient (Wildman–Crippen LogP) is 1.97. The number of methoxy groups -OCH3 is 2. The van der Waals surface area contributed by atoms with Crippen LogP contribution in [0.2, 0.25) is 0 Å². The number of hydrogen-bond donors (Lipinski definition) is 1. The molecule has 1 aliphatic heterocycles. The van der Waals surface area contributed by atoms with E-state index in [0.29, 0.717) is 43.2 Å². The molecule has 0 unspecified atom stereocenters. The Kier molecular flexibility index (Phi) is 5.77. The van der Waals surface area contributed by atoms with Gasteiger partial charge in [0.1, 0.15) is 0 Å². The number of nitrogens with one attached hydrogen (secondary N) is 1. The highest BCUT2D eigenvalue weighted by atomic mass is 16.5. The molecule has 0 spiro atoms. The second-order valence-corrected chi connectivity index (χ2v) is 7.03. The van der Waals surface area contributed by atoms with Crippen LogP contribution in [0.15, 0.2) is 18.2 Å². The lowest BCUT2D eigenvalue weighted by atomic mass is 10.1. The summed E-state index contributed by atoms with van der Waals surface area (Å²) in [6, 6.07) is 5.03. The highest BCUT2D eigenvalue weighted by Crippen LogP contribution is 2.28. The molecule has 3 amide bonds. The third kappa shape index (κ3) is 4.78. The number of hydrogen-bond acceptors (Lipinski definition) is 4. The van der Waals surface area contributed by atoms with Crippen LogP contribution in [0.25, 0.3) is 0 Å². The van der Waals surface area contributed by atoms with E-state index in [1.807, 2.05) is 20.8 Å². The van der Waals surface area contributed by atoms with Gasteiger partial charge in [0.25, 0.3) is 5.91 Å². The average Bonchev–Trinajstić information content (AvgIpc) is 2.59. The quantitative estimate of drug-likeness (QED) is 0.906. The summed E-state index contributed by atoms with van der Waals surface area (Å²) in [5.74, 6) is 1.04. The average molecular weight is 349 g/mol. The van der Waals surface area contributed by atoms with Crippen LogP contribution in [0.1, 0.15) is 31.1 Å². The summed E-state index contributed by atoms with van der Waals surface area (Å²) in [6.45, 7) is 7.88. The highest BCUT2D eigenvalue weighted by molar-refractivity contribution is 5.95. The second kappa shape index (κ2) is 7.63. The Balaban J connectivity index is 1.98. The maximum absolute atomic E-state index is 12.7. The van der Waals surface area contributed by atoms with E-state index in [2.05, 4.69) is 5.32 Å². The third-order valence-electron chi connectivity index (χ3n) is 3.97. The molecule has 0 aliphatic carbocycles. The lowest BCUT2D eigenvalue weighted by Gasteiger charge is -2.36. The SMILES string of the molecule is COc1ccc(C(=O)N2CCN(C(=O)NC(C)(C)C)CC2)cc1OC. The zero-order valence-electron chi connectivity index (χ0n) is 15.6. The Hall–Kier alpha value is -2.44. The molecule has 0 saturated carbocycles. The number of nitrogens with zero attached hydrogens (tertiary/aromatic N) is 2. The van der Waals surface area contributed by atoms with Crippen LogP contribution in [0.3, 0.4) is 0 Å². The summed E-state index contributed by atoms with van der Waals surface area (Å²) in [5.41, 5.74) is 0.272. The molecule has 0 radical (unpaired) electrons. The van der Waals surface area contributed by atoms with E-state index in [-0.39, 0.29) is 17.5 Å². The first-order valence-electron chi connectivity index (χ1n) is 8.33. The number of benzene rings is 1. The molecule has 1 aromatic carbocycles. The molecule has 1 aliphatic rings. The number of ether oxygens (including phenoxy) is 2. The topological polar surface area (TPSA) is 71.1 Å². The van der Waals surface area contributed by atoms with Crippen LogP contribution in [0.4, 0.5) is 4.79 Å². The van der Waals surface area contributed by atoms with E-state index in [1.54, 1.807) is 42.2 Å². The van der Waals surface area contributed by atoms with Crippen molar-refractivity contribution in [2.75, 3.05) is 40.4 Å². The summed E-state index contributed by atoms with van der Waals surface area (Å²) in [4.78, 5) is 28.4. The van der Waals surface area contributed by atoms with Crippen molar-refractivity contribution >= 4 is 11.9 Å². The first-order valence-corrected chi connectivity index (χ1v) is 8.33. The van der Waals surface area contributed by atoms with Gasteiger partial charge in [-0.05, 0) is 39.0 Å². The fraction of sp³-hybridized carbons (Fsp3) is 0.556. The Morgan fingerprint density at radius 1 is 0.960 bits per heavy atom. The van der Waals surface area contributed by atoms with E-state index in [4.69, 9.17) is 9.47 Å². The molecule has 1 saturated heterocycles. The number of amides is 3. The summed E-state index contributed by atoms with van der Waals surface area (Å²) in [6.07, 6.45) is 0.